The van der Waals surface area contributed by atoms with Crippen LogP contribution >= 0.6 is 12.6 Å². The normalized spacial score (nSPS) is 42.0. The Kier molecular flexibility index (Phi) is 1.60. The van der Waals surface area contributed by atoms with E-state index < -0.39 is 0 Å². The standard InChI is InChI=1S/C5H10OS/c1-4-2-5(7)6-3-4/h4-5,7H,2-3H2,1H3/t4-,5?/m1/s1. The molecule has 0 bridgehead atoms. The van der Waals surface area contributed by atoms with Gasteiger partial charge in [-0.1, -0.05) is 6.92 Å². The maximum Gasteiger partial charge on any atom is 0.100 e. The van der Waals surface area contributed by atoms with E-state index in [9.17, 15) is 0 Å². The van der Waals surface area contributed by atoms with Gasteiger partial charge in [-0.2, -0.15) is 0 Å². The third kappa shape index (κ3) is 1.35. The van der Waals surface area contributed by atoms with Crippen LogP contribution in [-0.2, 0) is 4.74 Å². The Bertz CT molecular complexity index is 57.1. The summed E-state index contributed by atoms with van der Waals surface area (Å²) in [5.74, 6) is 0.725. The van der Waals surface area contributed by atoms with E-state index in [0.29, 0.717) is 0 Å². The van der Waals surface area contributed by atoms with Gasteiger partial charge < -0.3 is 4.74 Å². The second-order valence-corrected chi connectivity index (χ2v) is 2.70. The van der Waals surface area contributed by atoms with Crippen LogP contribution in [0.4, 0.5) is 0 Å². The Morgan fingerprint density at radius 3 is 2.57 bits per heavy atom. The molecule has 1 nitrogen and oxygen atoms in total. The molecule has 1 aliphatic heterocycles. The van der Waals surface area contributed by atoms with Crippen LogP contribution in [0.2, 0.25) is 0 Å². The van der Waals surface area contributed by atoms with Gasteiger partial charge in [0, 0.05) is 0 Å². The molecule has 0 aromatic heterocycles. The zero-order valence-corrected chi connectivity index (χ0v) is 5.32. The summed E-state index contributed by atoms with van der Waals surface area (Å²) in [4.78, 5) is 0. The number of rotatable bonds is 0. The molecule has 0 amide bonds. The molecular formula is C5H10OS. The lowest BCUT2D eigenvalue weighted by Crippen LogP contribution is -1.90. The predicted octanol–water partition coefficient (Wildman–Crippen LogP) is 1.30. The Morgan fingerprint density at radius 1 is 1.71 bits per heavy atom. The minimum atomic E-state index is 0.218. The highest BCUT2D eigenvalue weighted by molar-refractivity contribution is 7.80. The fourth-order valence-corrected chi connectivity index (χ4v) is 1.20. The van der Waals surface area contributed by atoms with E-state index in [-0.39, 0.29) is 5.44 Å². The maximum absolute atomic E-state index is 5.13. The van der Waals surface area contributed by atoms with Gasteiger partial charge in [-0.25, -0.2) is 0 Å². The van der Waals surface area contributed by atoms with E-state index in [1.54, 1.807) is 0 Å². The van der Waals surface area contributed by atoms with E-state index in [1.807, 2.05) is 0 Å². The van der Waals surface area contributed by atoms with Crippen molar-refractivity contribution in [2.45, 2.75) is 18.8 Å². The van der Waals surface area contributed by atoms with Crippen LogP contribution in [0.25, 0.3) is 0 Å². The van der Waals surface area contributed by atoms with Gasteiger partial charge in [-0.3, -0.25) is 0 Å². The summed E-state index contributed by atoms with van der Waals surface area (Å²) in [5.41, 5.74) is 0.218. The summed E-state index contributed by atoms with van der Waals surface area (Å²) in [7, 11) is 0. The molecule has 1 heterocycles. The van der Waals surface area contributed by atoms with Gasteiger partial charge in [0.05, 0.1) is 6.61 Å². The molecule has 7 heavy (non-hydrogen) atoms. The molecule has 1 unspecified atom stereocenters. The van der Waals surface area contributed by atoms with Crippen molar-refractivity contribution in [3.05, 3.63) is 0 Å². The van der Waals surface area contributed by atoms with Crippen molar-refractivity contribution in [1.82, 2.24) is 0 Å². The molecule has 0 N–H and O–H groups in total. The van der Waals surface area contributed by atoms with Gasteiger partial charge in [-0.15, -0.1) is 12.6 Å². The molecule has 42 valence electrons. The van der Waals surface area contributed by atoms with Gasteiger partial charge in [0.2, 0.25) is 0 Å². The largest absolute Gasteiger partial charge is 0.368 e. The third-order valence-electron chi connectivity index (χ3n) is 1.18. The number of thiol groups is 1. The van der Waals surface area contributed by atoms with Gasteiger partial charge in [-0.05, 0) is 12.3 Å². The summed E-state index contributed by atoms with van der Waals surface area (Å²) in [5, 5.41) is 0. The molecule has 0 aliphatic carbocycles. The smallest absolute Gasteiger partial charge is 0.100 e. The zero-order chi connectivity index (χ0) is 5.28. The fourth-order valence-electron chi connectivity index (χ4n) is 0.756. The lowest BCUT2D eigenvalue weighted by molar-refractivity contribution is 0.167. The van der Waals surface area contributed by atoms with Crippen molar-refractivity contribution in [3.63, 3.8) is 0 Å². The van der Waals surface area contributed by atoms with Crippen molar-refractivity contribution >= 4 is 12.6 Å². The lowest BCUT2D eigenvalue weighted by atomic mass is 10.2. The number of ether oxygens (including phenoxy) is 1. The molecule has 0 aromatic rings. The summed E-state index contributed by atoms with van der Waals surface area (Å²) in [6.45, 7) is 3.07. The first kappa shape index (κ1) is 5.45. The second-order valence-electron chi connectivity index (χ2n) is 2.13. The molecule has 1 rings (SSSR count). The number of hydrogen-bond acceptors (Lipinski definition) is 2. The van der Waals surface area contributed by atoms with Crippen LogP contribution in [0.5, 0.6) is 0 Å². The maximum atomic E-state index is 5.13. The third-order valence-corrected chi connectivity index (χ3v) is 1.54. The van der Waals surface area contributed by atoms with Crippen molar-refractivity contribution < 1.29 is 4.74 Å². The van der Waals surface area contributed by atoms with Gasteiger partial charge in [0.25, 0.3) is 0 Å². The topological polar surface area (TPSA) is 9.23 Å². The monoisotopic (exact) mass is 118 g/mol. The van der Waals surface area contributed by atoms with E-state index in [4.69, 9.17) is 4.74 Å². The fraction of sp³-hybridized carbons (Fsp3) is 1.00. The SMILES string of the molecule is C[C@H]1COC(S)C1. The molecular weight excluding hydrogens is 108 g/mol. The molecule has 2 heteroatoms. The molecule has 1 saturated heterocycles. The van der Waals surface area contributed by atoms with Crippen molar-refractivity contribution in [1.29, 1.82) is 0 Å². The Labute approximate surface area is 49.5 Å². The van der Waals surface area contributed by atoms with Crippen LogP contribution < -0.4 is 0 Å². The van der Waals surface area contributed by atoms with Crippen LogP contribution in [0, 0.1) is 5.92 Å². The summed E-state index contributed by atoms with van der Waals surface area (Å²) < 4.78 is 5.13. The van der Waals surface area contributed by atoms with Crippen molar-refractivity contribution in [2.75, 3.05) is 6.61 Å². The average molecular weight is 118 g/mol. The van der Waals surface area contributed by atoms with Crippen molar-refractivity contribution in [3.8, 4) is 0 Å². The van der Waals surface area contributed by atoms with E-state index >= 15 is 0 Å². The molecule has 0 aromatic carbocycles. The van der Waals surface area contributed by atoms with E-state index in [1.165, 1.54) is 0 Å². The van der Waals surface area contributed by atoms with Gasteiger partial charge >= 0.3 is 0 Å². The summed E-state index contributed by atoms with van der Waals surface area (Å²) >= 11 is 4.13. The first-order valence-electron chi connectivity index (χ1n) is 2.58. The van der Waals surface area contributed by atoms with E-state index in [0.717, 1.165) is 18.9 Å². The van der Waals surface area contributed by atoms with Gasteiger partial charge in [0.15, 0.2) is 0 Å². The average Bonchev–Trinajstić information content (AvgIpc) is 1.87. The predicted molar refractivity (Wildman–Crippen MR) is 32.5 cm³/mol. The van der Waals surface area contributed by atoms with Crippen LogP contribution in [0.15, 0.2) is 0 Å². The Hall–Kier alpha value is 0.310. The van der Waals surface area contributed by atoms with E-state index in [2.05, 4.69) is 19.6 Å². The Balaban J connectivity index is 2.26. The minimum absolute atomic E-state index is 0.218. The first-order chi connectivity index (χ1) is 3.29. The summed E-state index contributed by atoms with van der Waals surface area (Å²) in [6, 6.07) is 0. The molecule has 1 fully saturated rings. The molecule has 0 saturated carbocycles. The first-order valence-corrected chi connectivity index (χ1v) is 3.10. The highest BCUT2D eigenvalue weighted by Crippen LogP contribution is 2.20. The minimum Gasteiger partial charge on any atom is -0.368 e. The summed E-state index contributed by atoms with van der Waals surface area (Å²) in [6.07, 6.45) is 1.11. The van der Waals surface area contributed by atoms with Crippen molar-refractivity contribution in [2.24, 2.45) is 5.92 Å². The highest BCUT2D eigenvalue weighted by Gasteiger charge is 2.17. The molecule has 1 aliphatic rings. The zero-order valence-electron chi connectivity index (χ0n) is 4.42. The lowest BCUT2D eigenvalue weighted by Gasteiger charge is -1.93. The molecule has 2 atom stereocenters. The Morgan fingerprint density at radius 2 is 2.43 bits per heavy atom. The van der Waals surface area contributed by atoms with Crippen LogP contribution in [-0.4, -0.2) is 12.0 Å². The molecule has 0 spiro atoms. The highest BCUT2D eigenvalue weighted by atomic mass is 32.1. The number of hydrogen-bond donors (Lipinski definition) is 1. The van der Waals surface area contributed by atoms with Crippen LogP contribution in [0.3, 0.4) is 0 Å². The molecule has 0 radical (unpaired) electrons. The van der Waals surface area contributed by atoms with Crippen LogP contribution in [0.1, 0.15) is 13.3 Å². The quantitative estimate of drug-likeness (QED) is 0.472. The second kappa shape index (κ2) is 2.05. The van der Waals surface area contributed by atoms with Gasteiger partial charge in [0.1, 0.15) is 5.44 Å².